The largest absolute Gasteiger partial charge is 0.392 e. The van der Waals surface area contributed by atoms with Crippen LogP contribution in [0.4, 0.5) is 0 Å². The van der Waals surface area contributed by atoms with E-state index in [0.717, 1.165) is 0 Å². The van der Waals surface area contributed by atoms with Crippen molar-refractivity contribution in [3.63, 3.8) is 0 Å². The van der Waals surface area contributed by atoms with Crippen LogP contribution in [0.2, 0.25) is 0 Å². The summed E-state index contributed by atoms with van der Waals surface area (Å²) < 4.78 is 31.3. The standard InChI is InChI=1S/C12H15N3O4S/c1-9-14-12(15-19-9)5-6-13-20(17,18)11-4-2-3-10(7-11)8-16/h2-4,7,13,16H,5-6,8H2,1H3. The van der Waals surface area contributed by atoms with Crippen LogP contribution in [0.5, 0.6) is 0 Å². The monoisotopic (exact) mass is 297 g/mol. The van der Waals surface area contributed by atoms with E-state index in [-0.39, 0.29) is 18.0 Å². The van der Waals surface area contributed by atoms with Crippen molar-refractivity contribution in [1.82, 2.24) is 14.9 Å². The fourth-order valence-corrected chi connectivity index (χ4v) is 2.74. The first-order chi connectivity index (χ1) is 9.51. The molecular formula is C12H15N3O4S. The van der Waals surface area contributed by atoms with Crippen LogP contribution in [0.25, 0.3) is 0 Å². The zero-order chi connectivity index (χ0) is 14.6. The minimum absolute atomic E-state index is 0.119. The molecule has 0 saturated carbocycles. The molecule has 1 aromatic carbocycles. The molecule has 7 nitrogen and oxygen atoms in total. The van der Waals surface area contributed by atoms with Crippen molar-refractivity contribution >= 4 is 10.0 Å². The van der Waals surface area contributed by atoms with Gasteiger partial charge in [-0.1, -0.05) is 17.3 Å². The van der Waals surface area contributed by atoms with Gasteiger partial charge in [0.05, 0.1) is 11.5 Å². The topological polar surface area (TPSA) is 105 Å². The van der Waals surface area contributed by atoms with Gasteiger partial charge in [-0.2, -0.15) is 4.98 Å². The number of sulfonamides is 1. The molecule has 20 heavy (non-hydrogen) atoms. The lowest BCUT2D eigenvalue weighted by Gasteiger charge is -2.06. The molecule has 0 aliphatic carbocycles. The van der Waals surface area contributed by atoms with E-state index in [9.17, 15) is 8.42 Å². The Kier molecular flexibility index (Phi) is 4.48. The van der Waals surface area contributed by atoms with Crippen molar-refractivity contribution in [3.05, 3.63) is 41.5 Å². The Morgan fingerprint density at radius 1 is 1.40 bits per heavy atom. The Hall–Kier alpha value is -1.77. The third-order valence-corrected chi connectivity index (χ3v) is 4.06. The molecule has 0 atom stereocenters. The molecular weight excluding hydrogens is 282 g/mol. The minimum atomic E-state index is -3.60. The van der Waals surface area contributed by atoms with Gasteiger partial charge in [-0.25, -0.2) is 13.1 Å². The number of hydrogen-bond donors (Lipinski definition) is 2. The maximum absolute atomic E-state index is 12.0. The fourth-order valence-electron chi connectivity index (χ4n) is 1.63. The van der Waals surface area contributed by atoms with Crippen LogP contribution in [0.15, 0.2) is 33.7 Å². The first-order valence-electron chi connectivity index (χ1n) is 6.00. The molecule has 0 radical (unpaired) electrons. The van der Waals surface area contributed by atoms with Gasteiger partial charge in [-0.15, -0.1) is 0 Å². The predicted molar refractivity (Wildman–Crippen MR) is 70.3 cm³/mol. The number of rotatable bonds is 6. The van der Waals surface area contributed by atoms with Crippen molar-refractivity contribution in [3.8, 4) is 0 Å². The number of aliphatic hydroxyl groups excluding tert-OH is 1. The second-order valence-electron chi connectivity index (χ2n) is 4.18. The van der Waals surface area contributed by atoms with Crippen LogP contribution >= 0.6 is 0 Å². The van der Waals surface area contributed by atoms with Gasteiger partial charge in [-0.05, 0) is 17.7 Å². The molecule has 2 aromatic rings. The molecule has 0 amide bonds. The van der Waals surface area contributed by atoms with E-state index >= 15 is 0 Å². The highest BCUT2D eigenvalue weighted by Crippen LogP contribution is 2.11. The number of benzene rings is 1. The van der Waals surface area contributed by atoms with E-state index in [2.05, 4.69) is 14.9 Å². The van der Waals surface area contributed by atoms with Gasteiger partial charge in [0.1, 0.15) is 0 Å². The summed E-state index contributed by atoms with van der Waals surface area (Å²) in [6.45, 7) is 1.64. The highest BCUT2D eigenvalue weighted by atomic mass is 32.2. The van der Waals surface area contributed by atoms with Crippen molar-refractivity contribution in [2.45, 2.75) is 24.8 Å². The second-order valence-corrected chi connectivity index (χ2v) is 5.95. The lowest BCUT2D eigenvalue weighted by atomic mass is 10.2. The van der Waals surface area contributed by atoms with Crippen LogP contribution < -0.4 is 4.72 Å². The van der Waals surface area contributed by atoms with E-state index in [1.165, 1.54) is 12.1 Å². The summed E-state index contributed by atoms with van der Waals surface area (Å²) in [5.41, 5.74) is 0.543. The van der Waals surface area contributed by atoms with Crippen molar-refractivity contribution in [2.75, 3.05) is 6.54 Å². The molecule has 1 heterocycles. The number of nitrogens with zero attached hydrogens (tertiary/aromatic N) is 2. The molecule has 0 unspecified atom stereocenters. The maximum Gasteiger partial charge on any atom is 0.240 e. The molecule has 1 aromatic heterocycles. The number of aromatic nitrogens is 2. The molecule has 2 N–H and O–H groups in total. The molecule has 0 spiro atoms. The highest BCUT2D eigenvalue weighted by Gasteiger charge is 2.14. The molecule has 0 fully saturated rings. The van der Waals surface area contributed by atoms with Crippen LogP contribution in [-0.4, -0.2) is 30.2 Å². The van der Waals surface area contributed by atoms with E-state index in [1.807, 2.05) is 0 Å². The summed E-state index contributed by atoms with van der Waals surface area (Å²) in [5.74, 6) is 0.896. The average Bonchev–Trinajstić information content (AvgIpc) is 2.84. The number of hydrogen-bond acceptors (Lipinski definition) is 6. The van der Waals surface area contributed by atoms with E-state index < -0.39 is 10.0 Å². The van der Waals surface area contributed by atoms with Gasteiger partial charge < -0.3 is 9.63 Å². The van der Waals surface area contributed by atoms with Crippen LogP contribution in [-0.2, 0) is 23.1 Å². The van der Waals surface area contributed by atoms with Gasteiger partial charge in [0.25, 0.3) is 0 Å². The summed E-state index contributed by atoms with van der Waals surface area (Å²) in [4.78, 5) is 4.10. The third-order valence-electron chi connectivity index (χ3n) is 2.60. The van der Waals surface area contributed by atoms with Crippen molar-refractivity contribution < 1.29 is 18.0 Å². The summed E-state index contributed by atoms with van der Waals surface area (Å²) >= 11 is 0. The molecule has 108 valence electrons. The Bertz CT molecular complexity index is 682. The molecule has 0 aliphatic heterocycles. The van der Waals surface area contributed by atoms with Crippen LogP contribution in [0.3, 0.4) is 0 Å². The highest BCUT2D eigenvalue weighted by molar-refractivity contribution is 7.89. The molecule has 8 heteroatoms. The zero-order valence-electron chi connectivity index (χ0n) is 10.9. The van der Waals surface area contributed by atoms with E-state index in [1.54, 1.807) is 19.1 Å². The minimum Gasteiger partial charge on any atom is -0.392 e. The van der Waals surface area contributed by atoms with Crippen LogP contribution in [0, 0.1) is 6.92 Å². The van der Waals surface area contributed by atoms with Gasteiger partial charge >= 0.3 is 0 Å². The van der Waals surface area contributed by atoms with E-state index in [4.69, 9.17) is 9.63 Å². The molecule has 2 rings (SSSR count). The Balaban J connectivity index is 2.00. The van der Waals surface area contributed by atoms with Gasteiger partial charge in [-0.3, -0.25) is 0 Å². The number of aliphatic hydroxyl groups is 1. The molecule has 0 bridgehead atoms. The van der Waals surface area contributed by atoms with E-state index in [0.29, 0.717) is 23.7 Å². The van der Waals surface area contributed by atoms with Gasteiger partial charge in [0, 0.05) is 19.9 Å². The summed E-state index contributed by atoms with van der Waals surface area (Å²) in [6, 6.07) is 6.14. The van der Waals surface area contributed by atoms with Crippen molar-refractivity contribution in [1.29, 1.82) is 0 Å². The lowest BCUT2D eigenvalue weighted by Crippen LogP contribution is -2.26. The van der Waals surface area contributed by atoms with Crippen molar-refractivity contribution in [2.24, 2.45) is 0 Å². The van der Waals surface area contributed by atoms with Gasteiger partial charge in [0.2, 0.25) is 15.9 Å². The lowest BCUT2D eigenvalue weighted by molar-refractivity contribution is 0.281. The second kappa shape index (κ2) is 6.12. The first kappa shape index (κ1) is 14.6. The third kappa shape index (κ3) is 3.62. The Morgan fingerprint density at radius 3 is 2.85 bits per heavy atom. The molecule has 0 saturated heterocycles. The number of aryl methyl sites for hydroxylation is 1. The average molecular weight is 297 g/mol. The normalized spacial score (nSPS) is 11.7. The quantitative estimate of drug-likeness (QED) is 0.799. The zero-order valence-corrected chi connectivity index (χ0v) is 11.7. The number of nitrogens with one attached hydrogen (secondary N) is 1. The summed E-state index contributed by atoms with van der Waals surface area (Å²) in [5, 5.41) is 12.7. The SMILES string of the molecule is Cc1nc(CCNS(=O)(=O)c2cccc(CO)c2)no1. The smallest absolute Gasteiger partial charge is 0.240 e. The maximum atomic E-state index is 12.0. The van der Waals surface area contributed by atoms with Crippen LogP contribution in [0.1, 0.15) is 17.3 Å². The summed E-state index contributed by atoms with van der Waals surface area (Å²) in [6.07, 6.45) is 0.344. The fraction of sp³-hybridized carbons (Fsp3) is 0.333. The Labute approximate surface area is 116 Å². The molecule has 0 aliphatic rings. The van der Waals surface area contributed by atoms with Gasteiger partial charge in [0.15, 0.2) is 5.82 Å². The Morgan fingerprint density at radius 2 is 2.20 bits per heavy atom. The predicted octanol–water partition coefficient (Wildman–Crippen LogP) is 0.391. The summed E-state index contributed by atoms with van der Waals surface area (Å²) in [7, 11) is -3.60. The first-order valence-corrected chi connectivity index (χ1v) is 7.48.